The first-order chi connectivity index (χ1) is 16.4. The van der Waals surface area contributed by atoms with E-state index in [1.165, 1.54) is 26.4 Å². The molecule has 3 heterocycles. The van der Waals surface area contributed by atoms with Crippen LogP contribution in [0.25, 0.3) is 0 Å². The maximum absolute atomic E-state index is 13.7. The van der Waals surface area contributed by atoms with Crippen LogP contribution in [-0.4, -0.2) is 81.5 Å². The third-order valence-electron chi connectivity index (χ3n) is 7.62. The number of nitrogens with zero attached hydrogens (tertiary/aromatic N) is 3. The Hall–Kier alpha value is -2.20. The van der Waals surface area contributed by atoms with Crippen LogP contribution in [0.4, 0.5) is 4.39 Å². The van der Waals surface area contributed by atoms with Gasteiger partial charge in [-0.05, 0) is 48.6 Å². The van der Waals surface area contributed by atoms with Gasteiger partial charge in [0.25, 0.3) is 0 Å². The third-order valence-corrected chi connectivity index (χ3v) is 9.56. The molecular formula is C25H32FN3O4S. The zero-order chi connectivity index (χ0) is 23.9. The summed E-state index contributed by atoms with van der Waals surface area (Å²) < 4.78 is 53.0. The minimum absolute atomic E-state index is 0.0108. The maximum Gasteiger partial charge on any atom is 0.247 e. The molecule has 184 valence electrons. The van der Waals surface area contributed by atoms with E-state index in [1.54, 1.807) is 22.5 Å². The lowest BCUT2D eigenvalue weighted by molar-refractivity contribution is -0.0649. The van der Waals surface area contributed by atoms with Crippen LogP contribution >= 0.6 is 0 Å². The van der Waals surface area contributed by atoms with E-state index in [9.17, 15) is 12.8 Å². The van der Waals surface area contributed by atoms with Gasteiger partial charge in [0.1, 0.15) is 22.2 Å². The Labute approximate surface area is 201 Å². The molecule has 0 amide bonds. The molecule has 2 aromatic carbocycles. The summed E-state index contributed by atoms with van der Waals surface area (Å²) in [4.78, 5) is 5.03. The monoisotopic (exact) mass is 489 g/mol. The minimum atomic E-state index is -3.71. The number of hydrogen-bond acceptors (Lipinski definition) is 6. The van der Waals surface area contributed by atoms with Gasteiger partial charge in [-0.25, -0.2) is 12.8 Å². The molecule has 0 spiro atoms. The Morgan fingerprint density at radius 2 is 1.71 bits per heavy atom. The first kappa shape index (κ1) is 23.5. The fourth-order valence-electron chi connectivity index (χ4n) is 5.76. The second-order valence-corrected chi connectivity index (χ2v) is 11.3. The molecule has 3 saturated heterocycles. The summed E-state index contributed by atoms with van der Waals surface area (Å²) in [6.07, 6.45) is 1.79. The van der Waals surface area contributed by atoms with Crippen molar-refractivity contribution in [1.82, 2.24) is 14.1 Å². The van der Waals surface area contributed by atoms with E-state index < -0.39 is 10.0 Å². The number of halogens is 1. The average Bonchev–Trinajstić information content (AvgIpc) is 2.86. The fraction of sp³-hybridized carbons (Fsp3) is 0.520. The lowest BCUT2D eigenvalue weighted by atomic mass is 9.69. The van der Waals surface area contributed by atoms with Crippen LogP contribution in [-0.2, 0) is 16.6 Å². The van der Waals surface area contributed by atoms with Crippen molar-refractivity contribution in [2.24, 2.45) is 5.92 Å². The highest BCUT2D eigenvalue weighted by molar-refractivity contribution is 7.89. The van der Waals surface area contributed by atoms with Crippen molar-refractivity contribution in [3.63, 3.8) is 0 Å². The largest absolute Gasteiger partial charge is 0.497 e. The SMILES string of the molecule is COc1ccc(OC)c(S(=O)(=O)N2CCC3CC2C3N2CCN(Cc3ccc(F)cc3)CC2)c1. The van der Waals surface area contributed by atoms with Crippen LogP contribution in [0.1, 0.15) is 18.4 Å². The number of fused-ring (bicyclic) bond motifs is 2. The van der Waals surface area contributed by atoms with Crippen LogP contribution in [0.2, 0.25) is 0 Å². The van der Waals surface area contributed by atoms with Gasteiger partial charge >= 0.3 is 0 Å². The first-order valence-electron chi connectivity index (χ1n) is 11.9. The number of piperazine rings is 1. The van der Waals surface area contributed by atoms with E-state index in [1.807, 2.05) is 12.1 Å². The molecule has 4 aliphatic rings. The predicted molar refractivity (Wildman–Crippen MR) is 127 cm³/mol. The topological polar surface area (TPSA) is 62.3 Å². The van der Waals surface area contributed by atoms with E-state index in [2.05, 4.69) is 9.80 Å². The first-order valence-corrected chi connectivity index (χ1v) is 13.3. The van der Waals surface area contributed by atoms with E-state index in [0.717, 1.165) is 51.1 Å². The Bertz CT molecular complexity index is 1120. The van der Waals surface area contributed by atoms with Crippen LogP contribution in [0.5, 0.6) is 11.5 Å². The lowest BCUT2D eigenvalue weighted by Gasteiger charge is -2.59. The van der Waals surface area contributed by atoms with Gasteiger partial charge in [-0.3, -0.25) is 9.80 Å². The zero-order valence-corrected chi connectivity index (χ0v) is 20.5. The van der Waals surface area contributed by atoms with Gasteiger partial charge in [0, 0.05) is 57.4 Å². The standard InChI is InChI=1S/C25H32FN3O4S/c1-32-21-7-8-23(33-2)24(16-21)34(30,31)29-10-9-19-15-22(29)25(19)28-13-11-27(12-14-28)17-18-3-5-20(26)6-4-18/h3-8,16,19,22,25H,9-15,17H2,1-2H3. The van der Waals surface area contributed by atoms with Crippen molar-refractivity contribution in [2.75, 3.05) is 46.9 Å². The van der Waals surface area contributed by atoms with E-state index in [4.69, 9.17) is 9.47 Å². The summed E-state index contributed by atoms with van der Waals surface area (Å²) in [5, 5.41) is 0. The van der Waals surface area contributed by atoms with Crippen molar-refractivity contribution in [3.05, 3.63) is 53.8 Å². The molecule has 1 saturated carbocycles. The summed E-state index contributed by atoms with van der Waals surface area (Å²) >= 11 is 0. The van der Waals surface area contributed by atoms with Gasteiger partial charge in [0.15, 0.2) is 0 Å². The molecular weight excluding hydrogens is 457 g/mol. The highest BCUT2D eigenvalue weighted by atomic mass is 32.2. The molecule has 34 heavy (non-hydrogen) atoms. The maximum atomic E-state index is 13.7. The molecule has 1 aliphatic carbocycles. The number of ether oxygens (including phenoxy) is 2. The number of sulfonamides is 1. The van der Waals surface area contributed by atoms with E-state index in [-0.39, 0.29) is 22.8 Å². The van der Waals surface area contributed by atoms with Gasteiger partial charge in [0.2, 0.25) is 10.0 Å². The van der Waals surface area contributed by atoms with Gasteiger partial charge in [0.05, 0.1) is 14.2 Å². The highest BCUT2D eigenvalue weighted by Crippen LogP contribution is 2.46. The molecule has 0 aromatic heterocycles. The fourth-order valence-corrected chi connectivity index (χ4v) is 7.60. The average molecular weight is 490 g/mol. The number of rotatable bonds is 7. The molecule has 2 aromatic rings. The summed E-state index contributed by atoms with van der Waals surface area (Å²) in [6.45, 7) is 5.01. The molecule has 2 bridgehead atoms. The van der Waals surface area contributed by atoms with Gasteiger partial charge in [-0.15, -0.1) is 0 Å². The quantitative estimate of drug-likeness (QED) is 0.596. The lowest BCUT2D eigenvalue weighted by Crippen LogP contribution is -2.70. The summed E-state index contributed by atoms with van der Waals surface area (Å²) in [7, 11) is -0.695. The Morgan fingerprint density at radius 3 is 2.35 bits per heavy atom. The van der Waals surface area contributed by atoms with Crippen molar-refractivity contribution < 1.29 is 22.3 Å². The molecule has 6 rings (SSSR count). The summed E-state index contributed by atoms with van der Waals surface area (Å²) in [5.74, 6) is 1.17. The molecule has 9 heteroatoms. The molecule has 4 fully saturated rings. The van der Waals surface area contributed by atoms with Gasteiger partial charge in [-0.1, -0.05) is 12.1 Å². The molecule has 0 N–H and O–H groups in total. The normalized spacial score (nSPS) is 26.1. The van der Waals surface area contributed by atoms with Crippen LogP contribution in [0, 0.1) is 11.7 Å². The smallest absolute Gasteiger partial charge is 0.247 e. The van der Waals surface area contributed by atoms with Crippen molar-refractivity contribution in [3.8, 4) is 11.5 Å². The Kier molecular flexibility index (Phi) is 6.54. The Morgan fingerprint density at radius 1 is 0.971 bits per heavy atom. The van der Waals surface area contributed by atoms with Crippen LogP contribution < -0.4 is 9.47 Å². The van der Waals surface area contributed by atoms with Crippen LogP contribution in [0.15, 0.2) is 47.4 Å². The van der Waals surface area contributed by atoms with E-state index in [0.29, 0.717) is 24.0 Å². The molecule has 3 aliphatic heterocycles. The molecule has 7 nitrogen and oxygen atoms in total. The summed E-state index contributed by atoms with van der Waals surface area (Å²) in [6, 6.07) is 11.9. The number of methoxy groups -OCH3 is 2. The predicted octanol–water partition coefficient (Wildman–Crippen LogP) is 2.81. The number of benzene rings is 2. The van der Waals surface area contributed by atoms with Crippen molar-refractivity contribution in [2.45, 2.75) is 36.4 Å². The Balaban J connectivity index is 1.27. The van der Waals surface area contributed by atoms with Gasteiger partial charge in [-0.2, -0.15) is 4.31 Å². The molecule has 3 atom stereocenters. The number of piperidine rings is 2. The van der Waals surface area contributed by atoms with Gasteiger partial charge < -0.3 is 9.47 Å². The summed E-state index contributed by atoms with van der Waals surface area (Å²) in [5.41, 5.74) is 1.11. The van der Waals surface area contributed by atoms with E-state index >= 15 is 0 Å². The number of hydrogen-bond donors (Lipinski definition) is 0. The second-order valence-electron chi connectivity index (χ2n) is 9.41. The van der Waals surface area contributed by atoms with Crippen LogP contribution in [0.3, 0.4) is 0 Å². The highest BCUT2D eigenvalue weighted by Gasteiger charge is 2.54. The molecule has 3 unspecified atom stereocenters. The zero-order valence-electron chi connectivity index (χ0n) is 19.7. The second kappa shape index (κ2) is 9.45. The minimum Gasteiger partial charge on any atom is -0.497 e. The van der Waals surface area contributed by atoms with Crippen molar-refractivity contribution >= 4 is 10.0 Å². The third kappa shape index (κ3) is 4.30. The molecule has 0 radical (unpaired) electrons. The van der Waals surface area contributed by atoms with Crippen molar-refractivity contribution in [1.29, 1.82) is 0 Å².